The Hall–Kier alpha value is -0.260. The first kappa shape index (κ1) is 14.7. The largest absolute Gasteiger partial charge is 0.396 e. The molecule has 0 aliphatic carbocycles. The van der Waals surface area contributed by atoms with Crippen molar-refractivity contribution >= 4 is 17.7 Å². The number of rotatable bonds is 9. The molecule has 0 saturated heterocycles. The van der Waals surface area contributed by atoms with E-state index in [1.54, 1.807) is 11.8 Å². The van der Waals surface area contributed by atoms with Crippen molar-refractivity contribution in [2.45, 2.75) is 12.8 Å². The second-order valence-corrected chi connectivity index (χ2v) is 4.82. The van der Waals surface area contributed by atoms with Gasteiger partial charge < -0.3 is 15.3 Å². The fourth-order valence-electron chi connectivity index (χ4n) is 0.945. The number of amides is 1. The van der Waals surface area contributed by atoms with Crippen LogP contribution in [-0.2, 0) is 4.79 Å². The molecule has 0 aliphatic heterocycles. The Bertz CT molecular complexity index is 166. The number of carbonyl (C=O) groups is 1. The molecule has 0 heterocycles. The van der Waals surface area contributed by atoms with Gasteiger partial charge in [0, 0.05) is 31.9 Å². The zero-order valence-electron chi connectivity index (χ0n) is 9.66. The van der Waals surface area contributed by atoms with Crippen molar-refractivity contribution in [2.24, 2.45) is 0 Å². The van der Waals surface area contributed by atoms with Crippen LogP contribution in [0, 0.1) is 0 Å². The molecule has 0 aromatic heterocycles. The van der Waals surface area contributed by atoms with Gasteiger partial charge in [-0.25, -0.2) is 0 Å². The van der Waals surface area contributed by atoms with Gasteiger partial charge in [0.1, 0.15) is 0 Å². The summed E-state index contributed by atoms with van der Waals surface area (Å²) in [5.41, 5.74) is 0. The average Bonchev–Trinajstić information content (AvgIpc) is 2.20. The third-order valence-electron chi connectivity index (χ3n) is 1.80. The van der Waals surface area contributed by atoms with Crippen LogP contribution in [-0.4, -0.2) is 61.2 Å². The minimum atomic E-state index is 0.117. The molecule has 2 N–H and O–H groups in total. The van der Waals surface area contributed by atoms with Crippen LogP contribution >= 0.6 is 11.8 Å². The molecule has 5 heteroatoms. The second-order valence-electron chi connectivity index (χ2n) is 3.59. The summed E-state index contributed by atoms with van der Waals surface area (Å²) >= 11 is 1.76. The minimum absolute atomic E-state index is 0.117. The van der Waals surface area contributed by atoms with Gasteiger partial charge in [0.25, 0.3) is 0 Å². The highest BCUT2D eigenvalue weighted by Crippen LogP contribution is 1.99. The molecule has 0 atom stereocenters. The second kappa shape index (κ2) is 10.3. The van der Waals surface area contributed by atoms with Crippen molar-refractivity contribution in [3.8, 4) is 0 Å². The number of hydrogen-bond donors (Lipinski definition) is 2. The lowest BCUT2D eigenvalue weighted by Crippen LogP contribution is -2.29. The molecule has 90 valence electrons. The fraction of sp³-hybridized carbons (Fsp3) is 0.900. The van der Waals surface area contributed by atoms with Crippen molar-refractivity contribution in [1.82, 2.24) is 10.2 Å². The lowest BCUT2D eigenvalue weighted by molar-refractivity contribution is -0.121. The lowest BCUT2D eigenvalue weighted by Gasteiger charge is -2.09. The van der Waals surface area contributed by atoms with Gasteiger partial charge in [-0.2, -0.15) is 11.8 Å². The van der Waals surface area contributed by atoms with E-state index >= 15 is 0 Å². The number of carbonyl (C=O) groups excluding carboxylic acids is 1. The Morgan fingerprint density at radius 3 is 2.73 bits per heavy atom. The predicted octanol–water partition coefficient (Wildman–Crippen LogP) is 0.170. The third kappa shape index (κ3) is 11.7. The normalized spacial score (nSPS) is 10.7. The number of aliphatic hydroxyl groups excluding tert-OH is 1. The van der Waals surface area contributed by atoms with Gasteiger partial charge in [-0.1, -0.05) is 0 Å². The van der Waals surface area contributed by atoms with Crippen LogP contribution in [0.5, 0.6) is 0 Å². The van der Waals surface area contributed by atoms with E-state index in [-0.39, 0.29) is 12.5 Å². The molecule has 0 saturated carbocycles. The molecule has 0 aromatic carbocycles. The van der Waals surface area contributed by atoms with Crippen molar-refractivity contribution < 1.29 is 9.90 Å². The van der Waals surface area contributed by atoms with Crippen LogP contribution < -0.4 is 5.32 Å². The lowest BCUT2D eigenvalue weighted by atomic mass is 10.4. The van der Waals surface area contributed by atoms with Crippen molar-refractivity contribution in [1.29, 1.82) is 0 Å². The summed E-state index contributed by atoms with van der Waals surface area (Å²) in [6, 6.07) is 0. The molecule has 0 spiro atoms. The maximum absolute atomic E-state index is 11.2. The number of nitrogens with zero attached hydrogens (tertiary/aromatic N) is 1. The van der Waals surface area contributed by atoms with Crippen molar-refractivity contribution in [2.75, 3.05) is 45.3 Å². The first-order valence-corrected chi connectivity index (χ1v) is 6.42. The van der Waals surface area contributed by atoms with Gasteiger partial charge in [0.2, 0.25) is 5.91 Å². The van der Waals surface area contributed by atoms with Crippen LogP contribution in [0.2, 0.25) is 0 Å². The van der Waals surface area contributed by atoms with E-state index in [1.807, 2.05) is 19.0 Å². The highest BCUT2D eigenvalue weighted by atomic mass is 32.2. The summed E-state index contributed by atoms with van der Waals surface area (Å²) in [7, 11) is 3.91. The highest BCUT2D eigenvalue weighted by molar-refractivity contribution is 7.99. The van der Waals surface area contributed by atoms with Gasteiger partial charge in [-0.3, -0.25) is 4.79 Å². The first-order chi connectivity index (χ1) is 7.16. The van der Waals surface area contributed by atoms with Crippen LogP contribution in [0.25, 0.3) is 0 Å². The van der Waals surface area contributed by atoms with E-state index in [2.05, 4.69) is 5.32 Å². The molecule has 0 fully saturated rings. The molecular formula is C10H22N2O2S. The van der Waals surface area contributed by atoms with E-state index in [4.69, 9.17) is 5.11 Å². The van der Waals surface area contributed by atoms with Gasteiger partial charge in [0.05, 0.1) is 0 Å². The summed E-state index contributed by atoms with van der Waals surface area (Å²) in [4.78, 5) is 13.2. The van der Waals surface area contributed by atoms with E-state index in [0.29, 0.717) is 6.42 Å². The summed E-state index contributed by atoms with van der Waals surface area (Å²) in [6.45, 7) is 1.77. The summed E-state index contributed by atoms with van der Waals surface area (Å²) in [5.74, 6) is 2.00. The monoisotopic (exact) mass is 234 g/mol. The maximum Gasteiger partial charge on any atom is 0.221 e. The SMILES string of the molecule is CN(C)CCC(=O)NCCSCCCO. The van der Waals surface area contributed by atoms with E-state index in [1.165, 1.54) is 0 Å². The van der Waals surface area contributed by atoms with Gasteiger partial charge in [-0.15, -0.1) is 0 Å². The van der Waals surface area contributed by atoms with E-state index in [9.17, 15) is 4.79 Å². The quantitative estimate of drug-likeness (QED) is 0.558. The van der Waals surface area contributed by atoms with Crippen LogP contribution in [0.1, 0.15) is 12.8 Å². The molecule has 0 radical (unpaired) electrons. The van der Waals surface area contributed by atoms with Gasteiger partial charge in [0.15, 0.2) is 0 Å². The number of aliphatic hydroxyl groups is 1. The van der Waals surface area contributed by atoms with Crippen LogP contribution in [0.3, 0.4) is 0 Å². The molecule has 0 bridgehead atoms. The van der Waals surface area contributed by atoms with Crippen LogP contribution in [0.4, 0.5) is 0 Å². The molecule has 0 aromatic rings. The minimum Gasteiger partial charge on any atom is -0.396 e. The van der Waals surface area contributed by atoms with Crippen molar-refractivity contribution in [3.05, 3.63) is 0 Å². The molecule has 0 aliphatic rings. The topological polar surface area (TPSA) is 52.6 Å². The zero-order valence-corrected chi connectivity index (χ0v) is 10.5. The zero-order chi connectivity index (χ0) is 11.5. The van der Waals surface area contributed by atoms with Crippen molar-refractivity contribution in [3.63, 3.8) is 0 Å². The molecule has 0 rings (SSSR count). The number of thioether (sulfide) groups is 1. The Morgan fingerprint density at radius 2 is 2.13 bits per heavy atom. The van der Waals surface area contributed by atoms with Crippen LogP contribution in [0.15, 0.2) is 0 Å². The number of nitrogens with one attached hydrogen (secondary N) is 1. The number of hydrogen-bond acceptors (Lipinski definition) is 4. The summed E-state index contributed by atoms with van der Waals surface area (Å²) in [5, 5.41) is 11.4. The molecule has 15 heavy (non-hydrogen) atoms. The Morgan fingerprint density at radius 1 is 1.40 bits per heavy atom. The highest BCUT2D eigenvalue weighted by Gasteiger charge is 2.00. The maximum atomic E-state index is 11.2. The Balaban J connectivity index is 3.17. The molecule has 0 unspecified atom stereocenters. The molecular weight excluding hydrogens is 212 g/mol. The van der Waals surface area contributed by atoms with E-state index < -0.39 is 0 Å². The Labute approximate surface area is 96.4 Å². The van der Waals surface area contributed by atoms with Gasteiger partial charge >= 0.3 is 0 Å². The summed E-state index contributed by atoms with van der Waals surface area (Å²) in [6.07, 6.45) is 1.40. The Kier molecular flexibility index (Phi) is 10.1. The van der Waals surface area contributed by atoms with Gasteiger partial charge in [-0.05, 0) is 26.3 Å². The predicted molar refractivity (Wildman–Crippen MR) is 65.2 cm³/mol. The first-order valence-electron chi connectivity index (χ1n) is 5.27. The fourth-order valence-corrected chi connectivity index (χ4v) is 1.73. The average molecular weight is 234 g/mol. The molecule has 1 amide bonds. The smallest absolute Gasteiger partial charge is 0.221 e. The molecule has 4 nitrogen and oxygen atoms in total. The standard InChI is InChI=1S/C10H22N2O2S/c1-12(2)6-4-10(14)11-5-9-15-8-3-7-13/h13H,3-9H2,1-2H3,(H,11,14). The third-order valence-corrected chi connectivity index (χ3v) is 2.87. The van der Waals surface area contributed by atoms with E-state index in [0.717, 1.165) is 31.0 Å². The summed E-state index contributed by atoms with van der Waals surface area (Å²) < 4.78 is 0.